The number of benzene rings is 4. The number of anilines is 1. The van der Waals surface area contributed by atoms with Gasteiger partial charge in [0, 0.05) is 11.8 Å². The maximum atomic E-state index is 13.9. The zero-order chi connectivity index (χ0) is 26.0. The molecule has 1 heterocycles. The van der Waals surface area contributed by atoms with Crippen molar-refractivity contribution in [1.29, 1.82) is 0 Å². The van der Waals surface area contributed by atoms with Crippen molar-refractivity contribution < 1.29 is 23.9 Å². The second-order valence-electron chi connectivity index (χ2n) is 9.89. The quantitative estimate of drug-likeness (QED) is 0.215. The van der Waals surface area contributed by atoms with Gasteiger partial charge in [-0.05, 0) is 64.7 Å². The number of esters is 1. The molecule has 38 heavy (non-hydrogen) atoms. The van der Waals surface area contributed by atoms with E-state index in [1.54, 1.807) is 48.5 Å². The van der Waals surface area contributed by atoms with Crippen LogP contribution in [0.5, 0.6) is 11.5 Å². The monoisotopic (exact) mass is 501 g/mol. The van der Waals surface area contributed by atoms with E-state index in [0.29, 0.717) is 22.7 Å². The minimum atomic E-state index is -0.525. The van der Waals surface area contributed by atoms with Gasteiger partial charge in [0.05, 0.1) is 30.2 Å². The Balaban J connectivity index is 1.19. The first-order chi connectivity index (χ1) is 18.6. The molecular formula is C32H23NO5. The molecule has 2 atom stereocenters. The zero-order valence-electron chi connectivity index (χ0n) is 20.5. The highest BCUT2D eigenvalue weighted by Gasteiger charge is 2.61. The van der Waals surface area contributed by atoms with Crippen LogP contribution in [0.15, 0.2) is 97.1 Å². The lowest BCUT2D eigenvalue weighted by Crippen LogP contribution is -2.41. The number of imide groups is 1. The molecule has 0 aromatic heterocycles. The Labute approximate surface area is 219 Å². The van der Waals surface area contributed by atoms with Crippen LogP contribution in [0.4, 0.5) is 5.69 Å². The van der Waals surface area contributed by atoms with E-state index < -0.39 is 17.8 Å². The van der Waals surface area contributed by atoms with Gasteiger partial charge in [-0.25, -0.2) is 9.69 Å². The third kappa shape index (κ3) is 3.16. The predicted octanol–water partition coefficient (Wildman–Crippen LogP) is 5.31. The van der Waals surface area contributed by atoms with Crippen molar-refractivity contribution in [2.24, 2.45) is 11.8 Å². The highest BCUT2D eigenvalue weighted by atomic mass is 16.5. The summed E-state index contributed by atoms with van der Waals surface area (Å²) in [7, 11) is 1.53. The third-order valence-electron chi connectivity index (χ3n) is 8.06. The number of methoxy groups -OCH3 is 1. The number of amides is 2. The standard InChI is InChI=1S/C32H23NO5/c1-37-21-8-6-7-18(17-21)32(36)38-20-15-13-19(14-16-20)33-30(34)28-26-22-9-2-3-10-23(22)27(29(28)31(33)35)25-12-5-4-11-24(25)26/h2-17,26-29H,1H3/t26?,27?,28-,29+. The van der Waals surface area contributed by atoms with Crippen LogP contribution in [0.2, 0.25) is 0 Å². The van der Waals surface area contributed by atoms with Crippen molar-refractivity contribution in [1.82, 2.24) is 0 Å². The topological polar surface area (TPSA) is 72.9 Å². The lowest BCUT2D eigenvalue weighted by Gasteiger charge is -2.45. The van der Waals surface area contributed by atoms with Crippen LogP contribution in [0, 0.1) is 11.8 Å². The van der Waals surface area contributed by atoms with Crippen molar-refractivity contribution >= 4 is 23.5 Å². The van der Waals surface area contributed by atoms with Crippen molar-refractivity contribution in [3.63, 3.8) is 0 Å². The molecule has 4 aromatic rings. The van der Waals surface area contributed by atoms with E-state index in [1.165, 1.54) is 12.0 Å². The van der Waals surface area contributed by atoms with Crippen LogP contribution >= 0.6 is 0 Å². The number of nitrogens with zero attached hydrogens (tertiary/aromatic N) is 1. The van der Waals surface area contributed by atoms with Crippen molar-refractivity contribution in [2.45, 2.75) is 11.8 Å². The second-order valence-corrected chi connectivity index (χ2v) is 9.89. The maximum Gasteiger partial charge on any atom is 0.343 e. The van der Waals surface area contributed by atoms with Crippen LogP contribution in [-0.2, 0) is 9.59 Å². The summed E-state index contributed by atoms with van der Waals surface area (Å²) in [4.78, 5) is 41.7. The van der Waals surface area contributed by atoms with Gasteiger partial charge in [0.15, 0.2) is 0 Å². The maximum absolute atomic E-state index is 13.9. The van der Waals surface area contributed by atoms with E-state index in [9.17, 15) is 14.4 Å². The summed E-state index contributed by atoms with van der Waals surface area (Å²) in [5.41, 5.74) is 5.39. The molecule has 3 aliphatic carbocycles. The molecule has 6 heteroatoms. The van der Waals surface area contributed by atoms with Crippen molar-refractivity contribution in [3.05, 3.63) is 125 Å². The third-order valence-corrected chi connectivity index (χ3v) is 8.06. The largest absolute Gasteiger partial charge is 0.497 e. The summed E-state index contributed by atoms with van der Waals surface area (Å²) in [6.45, 7) is 0. The number of ether oxygens (including phenoxy) is 2. The van der Waals surface area contributed by atoms with Gasteiger partial charge in [-0.2, -0.15) is 0 Å². The number of hydrogen-bond acceptors (Lipinski definition) is 5. The fourth-order valence-corrected chi connectivity index (χ4v) is 6.51. The molecule has 0 N–H and O–H groups in total. The summed E-state index contributed by atoms with van der Waals surface area (Å²) in [5, 5.41) is 0. The van der Waals surface area contributed by atoms with E-state index in [1.807, 2.05) is 24.3 Å². The zero-order valence-corrected chi connectivity index (χ0v) is 20.5. The number of hydrogen-bond donors (Lipinski definition) is 0. The van der Waals surface area contributed by atoms with Crippen LogP contribution < -0.4 is 14.4 Å². The fourth-order valence-electron chi connectivity index (χ4n) is 6.51. The molecule has 186 valence electrons. The predicted molar refractivity (Wildman–Crippen MR) is 140 cm³/mol. The molecule has 0 radical (unpaired) electrons. The average molecular weight is 502 g/mol. The lowest BCUT2D eigenvalue weighted by atomic mass is 9.55. The Hall–Kier alpha value is -4.71. The molecule has 6 nitrogen and oxygen atoms in total. The first-order valence-corrected chi connectivity index (χ1v) is 12.6. The molecule has 0 spiro atoms. The van der Waals surface area contributed by atoms with Gasteiger partial charge in [-0.1, -0.05) is 54.6 Å². The molecule has 4 aromatic carbocycles. The Morgan fingerprint density at radius 3 is 1.68 bits per heavy atom. The second kappa shape index (κ2) is 8.42. The summed E-state index contributed by atoms with van der Waals surface area (Å²) < 4.78 is 10.7. The van der Waals surface area contributed by atoms with Crippen LogP contribution in [0.1, 0.15) is 44.4 Å². The van der Waals surface area contributed by atoms with Gasteiger partial charge in [-0.3, -0.25) is 9.59 Å². The van der Waals surface area contributed by atoms with E-state index in [0.717, 1.165) is 22.3 Å². The van der Waals surface area contributed by atoms with Crippen LogP contribution in [-0.4, -0.2) is 24.9 Å². The van der Waals surface area contributed by atoms with Gasteiger partial charge in [0.1, 0.15) is 11.5 Å². The molecule has 2 bridgehead atoms. The van der Waals surface area contributed by atoms with E-state index in [-0.39, 0.29) is 23.7 Å². The summed E-state index contributed by atoms with van der Waals surface area (Å²) in [6, 6.07) is 29.6. The molecule has 0 saturated carbocycles. The molecule has 8 rings (SSSR count). The van der Waals surface area contributed by atoms with E-state index in [4.69, 9.17) is 9.47 Å². The molecule has 2 amide bonds. The summed E-state index contributed by atoms with van der Waals surface area (Å²) in [5.74, 6) is -1.20. The molecule has 1 aliphatic heterocycles. The number of rotatable bonds is 4. The van der Waals surface area contributed by atoms with Gasteiger partial charge in [-0.15, -0.1) is 0 Å². The average Bonchev–Trinajstić information content (AvgIpc) is 3.23. The van der Waals surface area contributed by atoms with Gasteiger partial charge < -0.3 is 9.47 Å². The molecule has 4 aliphatic rings. The van der Waals surface area contributed by atoms with Gasteiger partial charge in [0.25, 0.3) is 0 Å². The van der Waals surface area contributed by atoms with Crippen molar-refractivity contribution in [3.8, 4) is 11.5 Å². The normalized spacial score (nSPS) is 22.5. The first kappa shape index (κ1) is 22.5. The van der Waals surface area contributed by atoms with Gasteiger partial charge >= 0.3 is 5.97 Å². The minimum Gasteiger partial charge on any atom is -0.497 e. The lowest BCUT2D eigenvalue weighted by molar-refractivity contribution is -0.122. The van der Waals surface area contributed by atoms with Crippen molar-refractivity contribution in [2.75, 3.05) is 12.0 Å². The Bertz CT molecular complexity index is 1510. The van der Waals surface area contributed by atoms with Crippen LogP contribution in [0.3, 0.4) is 0 Å². The number of carbonyl (C=O) groups excluding carboxylic acids is 3. The minimum absolute atomic E-state index is 0.151. The Kier molecular flexibility index (Phi) is 4.98. The van der Waals surface area contributed by atoms with Crippen LogP contribution in [0.25, 0.3) is 0 Å². The highest BCUT2D eigenvalue weighted by Crippen LogP contribution is 2.61. The van der Waals surface area contributed by atoms with E-state index in [2.05, 4.69) is 24.3 Å². The first-order valence-electron chi connectivity index (χ1n) is 12.6. The molecule has 1 fully saturated rings. The Morgan fingerprint density at radius 1 is 0.658 bits per heavy atom. The SMILES string of the molecule is COc1cccc(C(=O)Oc2ccc(N3C(=O)[C@@H]4C5c6ccccc6C(c6ccccc65)[C@@H]4C3=O)cc2)c1. The highest BCUT2D eigenvalue weighted by molar-refractivity contribution is 6.23. The smallest absolute Gasteiger partial charge is 0.343 e. The molecule has 0 unspecified atom stereocenters. The fraction of sp³-hybridized carbons (Fsp3) is 0.156. The summed E-state index contributed by atoms with van der Waals surface area (Å²) >= 11 is 0. The van der Waals surface area contributed by atoms with Gasteiger partial charge in [0.2, 0.25) is 11.8 Å². The molecule has 1 saturated heterocycles. The number of carbonyl (C=O) groups is 3. The summed E-state index contributed by atoms with van der Waals surface area (Å²) in [6.07, 6.45) is 0. The van der Waals surface area contributed by atoms with E-state index >= 15 is 0 Å². The Morgan fingerprint density at radius 2 is 1.18 bits per heavy atom. The molecular weight excluding hydrogens is 478 g/mol.